The molecule has 0 spiro atoms. The Bertz CT molecular complexity index is 1100. The van der Waals surface area contributed by atoms with E-state index in [1.807, 2.05) is 6.07 Å². The van der Waals surface area contributed by atoms with Crippen LogP contribution in [0.1, 0.15) is 21.6 Å². The second kappa shape index (κ2) is 6.18. The van der Waals surface area contributed by atoms with Crippen LogP contribution in [0.3, 0.4) is 0 Å². The van der Waals surface area contributed by atoms with Crippen LogP contribution in [0.15, 0.2) is 41.3 Å². The number of carbonyl (C=O) groups is 1. The number of aryl methyl sites for hydroxylation is 1. The van der Waals surface area contributed by atoms with Gasteiger partial charge in [-0.15, -0.1) is 0 Å². The topological polar surface area (TPSA) is 102 Å². The largest absolute Gasteiger partial charge is 0.497 e. The smallest absolute Gasteiger partial charge is 0.239 e. The first-order valence-electron chi connectivity index (χ1n) is 7.25. The summed E-state index contributed by atoms with van der Waals surface area (Å²) in [6, 6.07) is 9.36. The van der Waals surface area contributed by atoms with Crippen LogP contribution in [-0.4, -0.2) is 26.3 Å². The molecule has 0 aliphatic heterocycles. The Morgan fingerprint density at radius 1 is 1.20 bits per heavy atom. The van der Waals surface area contributed by atoms with Crippen molar-refractivity contribution in [3.63, 3.8) is 0 Å². The molecule has 3 rings (SSSR count). The maximum Gasteiger partial charge on any atom is 0.239 e. The number of ether oxygens (including phenoxy) is 1. The number of fused-ring (bicyclic) bond motifs is 1. The number of nitrogens with two attached hydrogens (primary N) is 1. The van der Waals surface area contributed by atoms with Gasteiger partial charge in [0.1, 0.15) is 10.6 Å². The van der Waals surface area contributed by atoms with E-state index < -0.39 is 10.0 Å². The third-order valence-corrected chi connectivity index (χ3v) is 5.31. The Hall–Kier alpha value is -2.35. The predicted molar refractivity (Wildman–Crippen MR) is 95.8 cm³/mol. The van der Waals surface area contributed by atoms with Gasteiger partial charge in [0, 0.05) is 22.2 Å². The fraction of sp³-hybridized carbons (Fsp3) is 0.118. The Labute approximate surface area is 149 Å². The van der Waals surface area contributed by atoms with E-state index in [4.69, 9.17) is 21.5 Å². The maximum atomic E-state index is 13.0. The fourth-order valence-corrected chi connectivity index (χ4v) is 3.80. The molecule has 0 bridgehead atoms. The molecule has 25 heavy (non-hydrogen) atoms. The van der Waals surface area contributed by atoms with Crippen molar-refractivity contribution in [3.8, 4) is 5.75 Å². The molecule has 1 aromatic heterocycles. The highest BCUT2D eigenvalue weighted by Gasteiger charge is 2.21. The van der Waals surface area contributed by atoms with E-state index in [1.54, 1.807) is 26.2 Å². The minimum Gasteiger partial charge on any atom is -0.497 e. The number of rotatable bonds is 4. The van der Waals surface area contributed by atoms with Crippen molar-refractivity contribution < 1.29 is 17.9 Å². The summed E-state index contributed by atoms with van der Waals surface area (Å²) < 4.78 is 28.5. The summed E-state index contributed by atoms with van der Waals surface area (Å²) in [5.41, 5.74) is 2.07. The number of carbonyl (C=O) groups excluding carboxylic acids is 1. The summed E-state index contributed by atoms with van der Waals surface area (Å²) in [6.45, 7) is 1.77. The third kappa shape index (κ3) is 3.13. The first-order valence-corrected chi connectivity index (χ1v) is 9.18. The molecule has 0 atom stereocenters. The van der Waals surface area contributed by atoms with Crippen LogP contribution in [0.4, 0.5) is 0 Å². The van der Waals surface area contributed by atoms with Gasteiger partial charge in [-0.3, -0.25) is 4.79 Å². The normalized spacial score (nSPS) is 11.7. The average Bonchev–Trinajstić information content (AvgIpc) is 2.88. The van der Waals surface area contributed by atoms with Crippen molar-refractivity contribution in [2.45, 2.75) is 11.8 Å². The zero-order valence-electron chi connectivity index (χ0n) is 13.5. The van der Waals surface area contributed by atoms with Crippen LogP contribution in [0.2, 0.25) is 5.02 Å². The molecule has 0 saturated heterocycles. The Morgan fingerprint density at radius 3 is 2.56 bits per heavy atom. The van der Waals surface area contributed by atoms with Crippen LogP contribution < -0.4 is 9.88 Å². The molecule has 1 heterocycles. The standard InChI is InChI=1S/C17H15ClN2O4S/c1-9-16(12-8-11(24-2)4-6-14(12)20-9)17(21)10-3-5-13(18)15(7-10)25(19,22)23/h3-8,20H,1-2H3,(H2,19,22,23). The number of methoxy groups -OCH3 is 1. The Morgan fingerprint density at radius 2 is 1.92 bits per heavy atom. The Kier molecular flexibility index (Phi) is 4.32. The lowest BCUT2D eigenvalue weighted by Gasteiger charge is -2.06. The zero-order chi connectivity index (χ0) is 18.4. The number of primary sulfonamides is 1. The molecule has 8 heteroatoms. The lowest BCUT2D eigenvalue weighted by atomic mass is 10.0. The zero-order valence-corrected chi connectivity index (χ0v) is 15.0. The molecule has 130 valence electrons. The average molecular weight is 379 g/mol. The summed E-state index contributed by atoms with van der Waals surface area (Å²) in [4.78, 5) is 15.9. The molecule has 0 aliphatic carbocycles. The van der Waals surface area contributed by atoms with Gasteiger partial charge in [0.25, 0.3) is 0 Å². The molecule has 3 aromatic rings. The molecular formula is C17H15ClN2O4S. The van der Waals surface area contributed by atoms with Crippen LogP contribution in [0.5, 0.6) is 5.75 Å². The van der Waals surface area contributed by atoms with Crippen molar-refractivity contribution in [3.05, 3.63) is 58.2 Å². The number of benzene rings is 2. The lowest BCUT2D eigenvalue weighted by molar-refractivity contribution is 0.103. The number of ketones is 1. The highest BCUT2D eigenvalue weighted by atomic mass is 35.5. The molecule has 0 fully saturated rings. The first-order chi connectivity index (χ1) is 11.7. The molecule has 3 N–H and O–H groups in total. The van der Waals surface area contributed by atoms with Gasteiger partial charge in [-0.05, 0) is 43.3 Å². The maximum absolute atomic E-state index is 13.0. The summed E-state index contributed by atoms with van der Waals surface area (Å²) >= 11 is 5.88. The van der Waals surface area contributed by atoms with Crippen LogP contribution in [0.25, 0.3) is 10.9 Å². The van der Waals surface area contributed by atoms with Crippen molar-refractivity contribution in [1.82, 2.24) is 4.98 Å². The lowest BCUT2D eigenvalue weighted by Crippen LogP contribution is -2.14. The molecule has 2 aromatic carbocycles. The number of halogens is 1. The van der Waals surface area contributed by atoms with E-state index in [1.165, 1.54) is 18.2 Å². The number of aromatic nitrogens is 1. The van der Waals surface area contributed by atoms with E-state index in [9.17, 15) is 13.2 Å². The summed E-state index contributed by atoms with van der Waals surface area (Å²) in [5.74, 6) is 0.278. The summed E-state index contributed by atoms with van der Waals surface area (Å²) in [5, 5.41) is 5.82. The fourth-order valence-electron chi connectivity index (χ4n) is 2.73. The minimum atomic E-state index is -4.03. The molecule has 0 amide bonds. The van der Waals surface area contributed by atoms with Crippen LogP contribution in [-0.2, 0) is 10.0 Å². The number of sulfonamides is 1. The SMILES string of the molecule is COc1ccc2[nH]c(C)c(C(=O)c3ccc(Cl)c(S(N)(=O)=O)c3)c2c1. The van der Waals surface area contributed by atoms with Gasteiger partial charge in [0.2, 0.25) is 10.0 Å². The molecule has 6 nitrogen and oxygen atoms in total. The van der Waals surface area contributed by atoms with E-state index in [-0.39, 0.29) is 21.3 Å². The first kappa shape index (κ1) is 17.5. The molecular weight excluding hydrogens is 364 g/mol. The number of H-pyrrole nitrogens is 1. The second-order valence-corrected chi connectivity index (χ2v) is 7.49. The van der Waals surface area contributed by atoms with Crippen molar-refractivity contribution in [1.29, 1.82) is 0 Å². The number of aromatic amines is 1. The van der Waals surface area contributed by atoms with Gasteiger partial charge in [-0.1, -0.05) is 11.6 Å². The van der Waals surface area contributed by atoms with E-state index in [2.05, 4.69) is 4.98 Å². The monoisotopic (exact) mass is 378 g/mol. The van der Waals surface area contributed by atoms with Gasteiger partial charge in [-0.2, -0.15) is 0 Å². The van der Waals surface area contributed by atoms with Crippen LogP contribution >= 0.6 is 11.6 Å². The second-order valence-electron chi connectivity index (χ2n) is 5.56. The minimum absolute atomic E-state index is 0.0311. The number of nitrogens with one attached hydrogen (secondary N) is 1. The quantitative estimate of drug-likeness (QED) is 0.681. The molecule has 0 radical (unpaired) electrons. The van der Waals surface area contributed by atoms with E-state index in [0.717, 1.165) is 5.52 Å². The highest BCUT2D eigenvalue weighted by Crippen LogP contribution is 2.29. The molecule has 0 aliphatic rings. The summed E-state index contributed by atoms with van der Waals surface area (Å²) in [7, 11) is -2.49. The van der Waals surface area contributed by atoms with Crippen molar-refractivity contribution in [2.75, 3.05) is 7.11 Å². The van der Waals surface area contributed by atoms with Crippen molar-refractivity contribution >= 4 is 38.3 Å². The summed E-state index contributed by atoms with van der Waals surface area (Å²) in [6.07, 6.45) is 0. The van der Waals surface area contributed by atoms with Crippen molar-refractivity contribution in [2.24, 2.45) is 5.14 Å². The Balaban J connectivity index is 2.19. The van der Waals surface area contributed by atoms with Crippen LogP contribution in [0, 0.1) is 6.92 Å². The van der Waals surface area contributed by atoms with Gasteiger partial charge >= 0.3 is 0 Å². The third-order valence-electron chi connectivity index (χ3n) is 3.92. The van der Waals surface area contributed by atoms with Gasteiger partial charge < -0.3 is 9.72 Å². The van der Waals surface area contributed by atoms with Gasteiger partial charge in [0.15, 0.2) is 5.78 Å². The van der Waals surface area contributed by atoms with E-state index in [0.29, 0.717) is 22.4 Å². The molecule has 0 unspecified atom stereocenters. The van der Waals surface area contributed by atoms with Gasteiger partial charge in [0.05, 0.1) is 17.7 Å². The molecule has 0 saturated carbocycles. The number of hydrogen-bond donors (Lipinski definition) is 2. The highest BCUT2D eigenvalue weighted by molar-refractivity contribution is 7.89. The predicted octanol–water partition coefficient (Wildman–Crippen LogP) is 3.02. The van der Waals surface area contributed by atoms with Gasteiger partial charge in [-0.25, -0.2) is 13.6 Å². The number of hydrogen-bond acceptors (Lipinski definition) is 4. The van der Waals surface area contributed by atoms with E-state index >= 15 is 0 Å².